The van der Waals surface area contributed by atoms with E-state index in [9.17, 15) is 33.5 Å². The number of fused-ring (bicyclic) bond motifs is 17. The highest BCUT2D eigenvalue weighted by Crippen LogP contribution is 2.24. The zero-order valence-corrected chi connectivity index (χ0v) is 30.4. The fourth-order valence-corrected chi connectivity index (χ4v) is 5.88. The first-order chi connectivity index (χ1) is 24.6. The first-order valence-electron chi connectivity index (χ1n) is 17.0. The Morgan fingerprint density at radius 1 is 0.885 bits per heavy atom. The van der Waals surface area contributed by atoms with Crippen molar-refractivity contribution in [3.8, 4) is 5.75 Å². The molecule has 12 nitrogen and oxygen atoms in total. The summed E-state index contributed by atoms with van der Waals surface area (Å²) in [5.41, 5.74) is 1.56. The molecule has 3 aromatic rings. The van der Waals surface area contributed by atoms with Crippen molar-refractivity contribution in [3.05, 3.63) is 99.8 Å². The highest BCUT2D eigenvalue weighted by molar-refractivity contribution is 6.34. The SMILES string of the molecule is Cc1ccc(F)c(C(=O)N[C@H]2Cc3ccc(cc3)OC[C@H](Cc3ccccc3)NC(=O)[C@@H](C(C)C)NC(=O)[C@H]([C@@H](C)O)NC(=O)[C@@H](C)NC2=O)c1Cl. The lowest BCUT2D eigenvalue weighted by Gasteiger charge is -2.29. The summed E-state index contributed by atoms with van der Waals surface area (Å²) < 4.78 is 20.9. The van der Waals surface area contributed by atoms with E-state index in [-0.39, 0.29) is 24.0 Å². The highest BCUT2D eigenvalue weighted by Gasteiger charge is 2.34. The van der Waals surface area contributed by atoms with Crippen molar-refractivity contribution in [1.82, 2.24) is 26.6 Å². The van der Waals surface area contributed by atoms with Gasteiger partial charge in [-0.3, -0.25) is 24.0 Å². The van der Waals surface area contributed by atoms with Crippen LogP contribution >= 0.6 is 11.6 Å². The Hall–Kier alpha value is -5.01. The molecule has 0 unspecified atom stereocenters. The van der Waals surface area contributed by atoms with Crippen molar-refractivity contribution in [3.63, 3.8) is 0 Å². The second-order valence-corrected chi connectivity index (χ2v) is 13.7. The van der Waals surface area contributed by atoms with Gasteiger partial charge in [0.05, 0.1) is 22.7 Å². The fraction of sp³-hybridized carbons (Fsp3) is 0.395. The van der Waals surface area contributed by atoms with Crippen molar-refractivity contribution in [2.45, 2.75) is 83.8 Å². The summed E-state index contributed by atoms with van der Waals surface area (Å²) in [6, 6.07) is 13.1. The van der Waals surface area contributed by atoms with E-state index in [0.717, 1.165) is 11.6 Å². The fourth-order valence-electron chi connectivity index (χ4n) is 5.64. The van der Waals surface area contributed by atoms with Crippen molar-refractivity contribution in [1.29, 1.82) is 0 Å². The van der Waals surface area contributed by atoms with Crippen LogP contribution in [0.2, 0.25) is 5.02 Å². The molecule has 0 aromatic heterocycles. The Kier molecular flexibility index (Phi) is 13.7. The number of halogens is 2. The Morgan fingerprint density at radius 3 is 2.15 bits per heavy atom. The van der Waals surface area contributed by atoms with E-state index < -0.39 is 77.2 Å². The van der Waals surface area contributed by atoms with E-state index in [0.29, 0.717) is 23.3 Å². The van der Waals surface area contributed by atoms with Gasteiger partial charge in [-0.2, -0.15) is 0 Å². The highest BCUT2D eigenvalue weighted by atomic mass is 35.5. The van der Waals surface area contributed by atoms with Crippen molar-refractivity contribution < 1.29 is 38.2 Å². The molecule has 2 heterocycles. The van der Waals surface area contributed by atoms with Crippen LogP contribution in [0.25, 0.3) is 0 Å². The van der Waals surface area contributed by atoms with Gasteiger partial charge in [-0.15, -0.1) is 0 Å². The first kappa shape index (κ1) is 39.8. The van der Waals surface area contributed by atoms with Gasteiger partial charge < -0.3 is 36.4 Å². The number of aryl methyl sites for hydroxylation is 1. The van der Waals surface area contributed by atoms with Gasteiger partial charge in [0.15, 0.2) is 0 Å². The molecule has 5 rings (SSSR count). The lowest BCUT2D eigenvalue weighted by atomic mass is 10.0. The predicted octanol–water partition coefficient (Wildman–Crippen LogP) is 2.76. The van der Waals surface area contributed by atoms with Crippen molar-refractivity contribution >= 4 is 41.1 Å². The third-order valence-corrected chi connectivity index (χ3v) is 9.17. The zero-order chi connectivity index (χ0) is 38.1. The van der Waals surface area contributed by atoms with Crippen LogP contribution in [-0.2, 0) is 32.0 Å². The molecule has 14 heteroatoms. The quantitative estimate of drug-likeness (QED) is 0.211. The van der Waals surface area contributed by atoms with Gasteiger partial charge >= 0.3 is 0 Å². The van der Waals surface area contributed by atoms with Crippen LogP contribution in [0.15, 0.2) is 66.7 Å². The Bertz CT molecular complexity index is 1760. The van der Waals surface area contributed by atoms with Gasteiger partial charge in [0.1, 0.15) is 42.3 Å². The van der Waals surface area contributed by atoms with Crippen LogP contribution in [0, 0.1) is 18.7 Å². The maximum atomic E-state index is 14.8. The molecule has 52 heavy (non-hydrogen) atoms. The van der Waals surface area contributed by atoms with Crippen molar-refractivity contribution in [2.24, 2.45) is 5.92 Å². The normalized spacial score (nSPS) is 22.7. The third-order valence-electron chi connectivity index (χ3n) is 8.68. The number of carbonyl (C=O) groups excluding carboxylic acids is 5. The molecule has 6 atom stereocenters. The number of rotatable bonds is 6. The number of carbonyl (C=O) groups is 5. The molecule has 278 valence electrons. The molecular weight excluding hydrogens is 693 g/mol. The van der Waals surface area contributed by atoms with E-state index in [1.165, 1.54) is 19.9 Å². The largest absolute Gasteiger partial charge is 0.491 e. The molecule has 0 spiro atoms. The van der Waals surface area contributed by atoms with Gasteiger partial charge in [-0.05, 0) is 68.0 Å². The van der Waals surface area contributed by atoms with E-state index in [1.807, 2.05) is 30.3 Å². The summed E-state index contributed by atoms with van der Waals surface area (Å²) in [6.45, 7) is 7.82. The van der Waals surface area contributed by atoms with Gasteiger partial charge in [0.25, 0.3) is 5.91 Å². The minimum Gasteiger partial charge on any atom is -0.491 e. The van der Waals surface area contributed by atoms with Crippen LogP contribution in [0.5, 0.6) is 5.75 Å². The maximum absolute atomic E-state index is 14.8. The summed E-state index contributed by atoms with van der Waals surface area (Å²) in [6.07, 6.45) is -1.04. The number of hydrogen-bond donors (Lipinski definition) is 6. The first-order valence-corrected chi connectivity index (χ1v) is 17.4. The van der Waals surface area contributed by atoms with Crippen LogP contribution in [0.1, 0.15) is 54.7 Å². The summed E-state index contributed by atoms with van der Waals surface area (Å²) in [4.78, 5) is 67.4. The van der Waals surface area contributed by atoms with Crippen LogP contribution in [-0.4, -0.2) is 77.6 Å². The molecule has 2 aliphatic heterocycles. The van der Waals surface area contributed by atoms with E-state index in [1.54, 1.807) is 45.0 Å². The molecule has 6 N–H and O–H groups in total. The lowest BCUT2D eigenvalue weighted by molar-refractivity contribution is -0.136. The topological polar surface area (TPSA) is 175 Å². The second-order valence-electron chi connectivity index (χ2n) is 13.3. The monoisotopic (exact) mass is 737 g/mol. The zero-order valence-electron chi connectivity index (χ0n) is 29.7. The molecule has 0 aliphatic carbocycles. The predicted molar refractivity (Wildman–Crippen MR) is 193 cm³/mol. The van der Waals surface area contributed by atoms with Crippen LogP contribution in [0.3, 0.4) is 0 Å². The molecule has 0 radical (unpaired) electrons. The minimum absolute atomic E-state index is 0.0624. The molecule has 0 saturated carbocycles. The van der Waals surface area contributed by atoms with E-state index in [4.69, 9.17) is 16.3 Å². The van der Waals surface area contributed by atoms with Crippen LogP contribution < -0.4 is 31.3 Å². The van der Waals surface area contributed by atoms with Gasteiger partial charge in [0.2, 0.25) is 23.6 Å². The van der Waals surface area contributed by atoms with E-state index >= 15 is 0 Å². The average molecular weight is 738 g/mol. The number of ether oxygens (including phenoxy) is 1. The number of aliphatic hydroxyl groups is 1. The molecule has 5 amide bonds. The summed E-state index contributed by atoms with van der Waals surface area (Å²) in [5, 5.41) is 23.6. The molecule has 3 aromatic carbocycles. The second kappa shape index (κ2) is 18.0. The number of benzene rings is 3. The summed E-state index contributed by atoms with van der Waals surface area (Å²) in [5.74, 6) is -4.63. The van der Waals surface area contributed by atoms with Gasteiger partial charge in [0, 0.05) is 6.42 Å². The number of hydrogen-bond acceptors (Lipinski definition) is 7. The molecular formula is C38H45ClFN5O7. The average Bonchev–Trinajstić information content (AvgIpc) is 3.10. The molecule has 2 bridgehead atoms. The lowest BCUT2D eigenvalue weighted by Crippen LogP contribution is -2.61. The van der Waals surface area contributed by atoms with Crippen molar-refractivity contribution in [2.75, 3.05) is 6.61 Å². The third kappa shape index (κ3) is 10.5. The maximum Gasteiger partial charge on any atom is 0.256 e. The van der Waals surface area contributed by atoms with E-state index in [2.05, 4.69) is 26.6 Å². The standard InChI is InChI=1S/C38H45ClFN5O7/c1-20(2)32-37(50)42-26(17-24-9-7-6-8-10-24)19-52-27-14-12-25(13-15-27)18-29(43-36(49)30-28(40)16-11-21(3)31(30)39)35(48)41-22(4)34(47)45-33(23(5)46)38(51)44-32/h6-16,20,22-23,26,29,32-33,46H,17-19H2,1-5H3,(H,41,48)(H,42,50)(H,43,49)(H,44,51)(H,45,47)/t22-,23-,26+,29+,32-,33+/m1/s1. The molecule has 0 saturated heterocycles. The minimum atomic E-state index is -1.49. The molecule has 2 aliphatic rings. The molecule has 0 fully saturated rings. The number of aliphatic hydroxyl groups excluding tert-OH is 1. The smallest absolute Gasteiger partial charge is 0.256 e. The number of amides is 5. The Labute approximate surface area is 307 Å². The van der Waals surface area contributed by atoms with Gasteiger partial charge in [-0.25, -0.2) is 4.39 Å². The Balaban J connectivity index is 1.69. The summed E-state index contributed by atoms with van der Waals surface area (Å²) in [7, 11) is 0. The van der Waals surface area contributed by atoms with Crippen LogP contribution in [0.4, 0.5) is 4.39 Å². The summed E-state index contributed by atoms with van der Waals surface area (Å²) >= 11 is 6.27. The number of nitrogens with one attached hydrogen (secondary N) is 5. The Morgan fingerprint density at radius 2 is 1.52 bits per heavy atom. The van der Waals surface area contributed by atoms with Gasteiger partial charge in [-0.1, -0.05) is 74.0 Å².